The van der Waals surface area contributed by atoms with Crippen LogP contribution in [0, 0.1) is 0 Å². The van der Waals surface area contributed by atoms with Crippen molar-refractivity contribution in [1.29, 1.82) is 0 Å². The third kappa shape index (κ3) is 1.60. The molecule has 3 heteroatoms. The van der Waals surface area contributed by atoms with Crippen LogP contribution in [-0.2, 0) is 6.42 Å². The lowest BCUT2D eigenvalue weighted by Crippen LogP contribution is -2.23. The molecule has 1 atom stereocenters. The van der Waals surface area contributed by atoms with Crippen LogP contribution >= 0.6 is 0 Å². The second kappa shape index (κ2) is 3.26. The molecule has 0 spiro atoms. The minimum absolute atomic E-state index is 0. The third-order valence-corrected chi connectivity index (χ3v) is 2.26. The molecule has 0 aliphatic heterocycles. The van der Waals surface area contributed by atoms with Crippen molar-refractivity contribution in [3.05, 3.63) is 23.8 Å². The van der Waals surface area contributed by atoms with Crippen LogP contribution in [-0.4, -0.2) is 13.1 Å². The van der Waals surface area contributed by atoms with Crippen LogP contribution in [0.25, 0.3) is 11.2 Å². The SMILES string of the molecule is CN[C@H](C)Cc1ccc2ooc2c1.[HH]. The lowest BCUT2D eigenvalue weighted by Gasteiger charge is -2.09. The van der Waals surface area contributed by atoms with Crippen LogP contribution in [0.15, 0.2) is 27.4 Å². The molecular weight excluding hydrogens is 166 g/mol. The highest BCUT2D eigenvalue weighted by Crippen LogP contribution is 2.20. The van der Waals surface area contributed by atoms with Gasteiger partial charge in [-0.15, -0.1) is 0 Å². The quantitative estimate of drug-likeness (QED) is 0.739. The number of hydrogen-bond acceptors (Lipinski definition) is 3. The molecule has 2 rings (SSSR count). The van der Waals surface area contributed by atoms with Crippen molar-refractivity contribution in [3.63, 3.8) is 0 Å². The monoisotopic (exact) mass is 181 g/mol. The molecule has 1 aromatic heterocycles. The van der Waals surface area contributed by atoms with Crippen LogP contribution in [0.4, 0.5) is 0 Å². The van der Waals surface area contributed by atoms with E-state index in [9.17, 15) is 0 Å². The summed E-state index contributed by atoms with van der Waals surface area (Å²) in [5.41, 5.74) is 2.95. The molecule has 0 bridgehead atoms. The van der Waals surface area contributed by atoms with Gasteiger partial charge in [-0.3, -0.25) is 9.15 Å². The van der Waals surface area contributed by atoms with Crippen LogP contribution in [0.1, 0.15) is 13.9 Å². The van der Waals surface area contributed by atoms with Gasteiger partial charge in [-0.25, -0.2) is 0 Å². The highest BCUT2D eigenvalue weighted by Gasteiger charge is 2.06. The molecular formula is C10H15NO2. The highest BCUT2D eigenvalue weighted by atomic mass is 17.0. The molecule has 13 heavy (non-hydrogen) atoms. The Labute approximate surface area is 78.1 Å². The number of hydrogen-bond donors (Lipinski definition) is 1. The molecule has 2 aromatic rings. The predicted molar refractivity (Wildman–Crippen MR) is 52.8 cm³/mol. The Balaban J connectivity index is 0.000000980. The Morgan fingerprint density at radius 2 is 2.15 bits per heavy atom. The first-order chi connectivity index (χ1) is 6.29. The second-order valence-electron chi connectivity index (χ2n) is 3.34. The summed E-state index contributed by atoms with van der Waals surface area (Å²) >= 11 is 0. The van der Waals surface area contributed by atoms with E-state index in [1.807, 2.05) is 19.2 Å². The first-order valence-electron chi connectivity index (χ1n) is 4.44. The molecule has 0 saturated heterocycles. The van der Waals surface area contributed by atoms with E-state index >= 15 is 0 Å². The van der Waals surface area contributed by atoms with E-state index in [1.165, 1.54) is 5.56 Å². The first kappa shape index (κ1) is 8.38. The predicted octanol–water partition coefficient (Wildman–Crippen LogP) is 2.42. The van der Waals surface area contributed by atoms with Crippen molar-refractivity contribution in [3.8, 4) is 0 Å². The van der Waals surface area contributed by atoms with Crippen molar-refractivity contribution in [2.24, 2.45) is 0 Å². The normalized spacial score (nSPS) is 13.7. The van der Waals surface area contributed by atoms with Gasteiger partial charge < -0.3 is 5.32 Å². The Morgan fingerprint density at radius 1 is 1.38 bits per heavy atom. The van der Waals surface area contributed by atoms with Crippen molar-refractivity contribution in [2.75, 3.05) is 7.05 Å². The third-order valence-electron chi connectivity index (χ3n) is 2.26. The number of fused-ring (bicyclic) bond motifs is 1. The maximum absolute atomic E-state index is 4.81. The zero-order valence-corrected chi connectivity index (χ0v) is 7.83. The smallest absolute Gasteiger partial charge is 0.225 e. The number of likely N-dealkylation sites (N-methyl/N-ethyl adjacent to an activating group) is 1. The fourth-order valence-corrected chi connectivity index (χ4v) is 1.32. The molecule has 0 radical (unpaired) electrons. The minimum Gasteiger partial charge on any atom is -0.317 e. The van der Waals surface area contributed by atoms with E-state index in [-0.39, 0.29) is 1.43 Å². The molecule has 72 valence electrons. The van der Waals surface area contributed by atoms with Gasteiger partial charge in [0.25, 0.3) is 0 Å². The second-order valence-corrected chi connectivity index (χ2v) is 3.34. The molecule has 0 aliphatic carbocycles. The summed E-state index contributed by atoms with van der Waals surface area (Å²) in [5.74, 6) is 0. The topological polar surface area (TPSA) is 38.3 Å². The molecule has 0 unspecified atom stereocenters. The van der Waals surface area contributed by atoms with Crippen molar-refractivity contribution in [1.82, 2.24) is 5.32 Å². The van der Waals surface area contributed by atoms with Crippen molar-refractivity contribution in [2.45, 2.75) is 19.4 Å². The van der Waals surface area contributed by atoms with Gasteiger partial charge in [-0.1, -0.05) is 6.07 Å². The molecule has 1 aromatic carbocycles. The van der Waals surface area contributed by atoms with E-state index in [0.29, 0.717) is 6.04 Å². The van der Waals surface area contributed by atoms with Crippen LogP contribution in [0.5, 0.6) is 0 Å². The fraction of sp³-hybridized carbons (Fsp3) is 0.400. The van der Waals surface area contributed by atoms with Gasteiger partial charge in [-0.2, -0.15) is 0 Å². The number of nitrogens with one attached hydrogen (secondary N) is 1. The van der Waals surface area contributed by atoms with Gasteiger partial charge in [0, 0.05) is 7.47 Å². The minimum atomic E-state index is 0. The highest BCUT2D eigenvalue weighted by molar-refractivity contribution is 5.71. The first-order valence-corrected chi connectivity index (χ1v) is 4.44. The van der Waals surface area contributed by atoms with Gasteiger partial charge in [0.05, 0.1) is 0 Å². The molecule has 0 saturated carbocycles. The number of benzene rings is 1. The molecule has 1 N–H and O–H groups in total. The molecule has 0 aliphatic rings. The Kier molecular flexibility index (Phi) is 2.10. The summed E-state index contributed by atoms with van der Waals surface area (Å²) < 4.78 is 9.56. The fourth-order valence-electron chi connectivity index (χ4n) is 1.32. The molecule has 3 nitrogen and oxygen atoms in total. The number of rotatable bonds is 3. The maximum atomic E-state index is 4.81. The zero-order valence-electron chi connectivity index (χ0n) is 7.83. The Hall–Kier alpha value is -1.22. The van der Waals surface area contributed by atoms with Crippen molar-refractivity contribution >= 4 is 11.2 Å². The van der Waals surface area contributed by atoms with E-state index < -0.39 is 0 Å². The Bertz CT molecular complexity index is 393. The summed E-state index contributed by atoms with van der Waals surface area (Å²) in [5, 5.41) is 3.19. The average Bonchev–Trinajstić information content (AvgIpc) is 2.10. The summed E-state index contributed by atoms with van der Waals surface area (Å²) in [4.78, 5) is 0. The molecule has 0 fully saturated rings. The van der Waals surface area contributed by atoms with Crippen LogP contribution in [0.3, 0.4) is 0 Å². The summed E-state index contributed by atoms with van der Waals surface area (Å²) in [6, 6.07) is 6.51. The summed E-state index contributed by atoms with van der Waals surface area (Å²) in [6.45, 7) is 2.15. The standard InChI is InChI=1S/C10H13NO2.H2/c1-7(11-2)5-8-3-4-9-10(6-8)13-12-9;/h3-4,6-7,11H,5H2,1-2H3;1H/t7-;/m1./s1. The Morgan fingerprint density at radius 3 is 2.69 bits per heavy atom. The van der Waals surface area contributed by atoms with Gasteiger partial charge in [0.15, 0.2) is 0 Å². The van der Waals surface area contributed by atoms with E-state index in [1.54, 1.807) is 0 Å². The van der Waals surface area contributed by atoms with Gasteiger partial charge in [0.2, 0.25) is 11.2 Å². The van der Waals surface area contributed by atoms with Crippen LogP contribution < -0.4 is 5.32 Å². The van der Waals surface area contributed by atoms with Gasteiger partial charge in [-0.05, 0) is 38.1 Å². The lowest BCUT2D eigenvalue weighted by molar-refractivity contribution is 0.0588. The van der Waals surface area contributed by atoms with E-state index in [4.69, 9.17) is 9.15 Å². The average molecular weight is 181 g/mol. The van der Waals surface area contributed by atoms with E-state index in [0.717, 1.165) is 17.6 Å². The van der Waals surface area contributed by atoms with E-state index in [2.05, 4.69) is 18.3 Å². The zero-order chi connectivity index (χ0) is 9.26. The summed E-state index contributed by atoms with van der Waals surface area (Å²) in [6.07, 6.45) is 1.01. The summed E-state index contributed by atoms with van der Waals surface area (Å²) in [7, 11) is 1.96. The largest absolute Gasteiger partial charge is 0.317 e. The maximum Gasteiger partial charge on any atom is 0.225 e. The lowest BCUT2D eigenvalue weighted by atomic mass is 10.1. The van der Waals surface area contributed by atoms with Crippen LogP contribution in [0.2, 0.25) is 0 Å². The molecule has 0 amide bonds. The van der Waals surface area contributed by atoms with Crippen molar-refractivity contribution < 1.29 is 10.6 Å². The van der Waals surface area contributed by atoms with Gasteiger partial charge in [0.1, 0.15) is 0 Å². The van der Waals surface area contributed by atoms with Gasteiger partial charge >= 0.3 is 0 Å². The molecule has 1 heterocycles.